The number of rotatable bonds is 2. The molecular weight excluding hydrogens is 266 g/mol. The number of aromatic nitrogens is 1. The van der Waals surface area contributed by atoms with Gasteiger partial charge in [0.2, 0.25) is 0 Å². The third-order valence-corrected chi connectivity index (χ3v) is 3.71. The highest BCUT2D eigenvalue weighted by Gasteiger charge is 2.29. The number of aliphatic carboxylic acids is 1. The Balaban J connectivity index is 2.10. The molecule has 1 aliphatic carbocycles. The number of benzene rings is 1. The normalized spacial score (nSPS) is 18.3. The number of carbonyl (C=O) groups is 2. The summed E-state index contributed by atoms with van der Waals surface area (Å²) in [5, 5.41) is 11.1. The van der Waals surface area contributed by atoms with Gasteiger partial charge in [-0.3, -0.25) is 9.78 Å². The molecule has 0 saturated carbocycles. The van der Waals surface area contributed by atoms with Crippen LogP contribution in [-0.4, -0.2) is 21.8 Å². The van der Waals surface area contributed by atoms with Gasteiger partial charge < -0.3 is 5.11 Å². The number of carboxylic acids is 1. The summed E-state index contributed by atoms with van der Waals surface area (Å²) in [6.45, 7) is 1.61. The van der Waals surface area contributed by atoms with E-state index in [1.165, 1.54) is 6.08 Å². The quantitative estimate of drug-likeness (QED) is 0.917. The lowest BCUT2D eigenvalue weighted by molar-refractivity contribution is -0.134. The molecule has 0 fully saturated rings. The van der Waals surface area contributed by atoms with Gasteiger partial charge >= 0.3 is 5.97 Å². The zero-order valence-electron chi connectivity index (χ0n) is 11.4. The van der Waals surface area contributed by atoms with Crippen LogP contribution in [0.5, 0.6) is 0 Å². The predicted octanol–water partition coefficient (Wildman–Crippen LogP) is 2.85. The van der Waals surface area contributed by atoms with E-state index in [0.717, 1.165) is 10.8 Å². The van der Waals surface area contributed by atoms with Crippen molar-refractivity contribution >= 4 is 28.1 Å². The lowest BCUT2D eigenvalue weighted by Crippen LogP contribution is -2.23. The smallest absolute Gasteiger partial charge is 0.332 e. The van der Waals surface area contributed by atoms with Crippen molar-refractivity contribution in [1.82, 2.24) is 4.98 Å². The molecule has 1 unspecified atom stereocenters. The number of carboxylic acid groups (broad SMARTS) is 1. The molecule has 1 atom stereocenters. The van der Waals surface area contributed by atoms with Crippen LogP contribution in [0.25, 0.3) is 16.3 Å². The Labute approximate surface area is 121 Å². The predicted molar refractivity (Wildman–Crippen MR) is 79.6 cm³/mol. The van der Waals surface area contributed by atoms with Crippen molar-refractivity contribution in [1.29, 1.82) is 0 Å². The second kappa shape index (κ2) is 4.98. The standard InChI is InChI=1S/C17H13NO3/c1-10-13(17(20)21)6-7-14(16(10)19)15-8-11-4-2-3-5-12(11)9-18-15/h2-10H,1H3,(H,20,21). The monoisotopic (exact) mass is 279 g/mol. The van der Waals surface area contributed by atoms with E-state index < -0.39 is 11.9 Å². The van der Waals surface area contributed by atoms with E-state index in [-0.39, 0.29) is 11.4 Å². The molecule has 4 heteroatoms. The van der Waals surface area contributed by atoms with Crippen molar-refractivity contribution in [2.45, 2.75) is 6.92 Å². The number of nitrogens with zero attached hydrogens (tertiary/aromatic N) is 1. The Morgan fingerprint density at radius 3 is 2.62 bits per heavy atom. The largest absolute Gasteiger partial charge is 0.478 e. The average molecular weight is 279 g/mol. The molecule has 4 nitrogen and oxygen atoms in total. The fourth-order valence-electron chi connectivity index (χ4n) is 2.47. The number of ketones is 1. The van der Waals surface area contributed by atoms with Crippen molar-refractivity contribution in [3.63, 3.8) is 0 Å². The van der Waals surface area contributed by atoms with Crippen LogP contribution >= 0.6 is 0 Å². The SMILES string of the molecule is CC1C(=O)C(c2cc3ccccc3cn2)=CC=C1C(=O)O. The highest BCUT2D eigenvalue weighted by Crippen LogP contribution is 2.28. The van der Waals surface area contributed by atoms with E-state index >= 15 is 0 Å². The number of pyridine rings is 1. The summed E-state index contributed by atoms with van der Waals surface area (Å²) in [7, 11) is 0. The summed E-state index contributed by atoms with van der Waals surface area (Å²) in [4.78, 5) is 27.7. The van der Waals surface area contributed by atoms with Crippen LogP contribution in [0.2, 0.25) is 0 Å². The van der Waals surface area contributed by atoms with E-state index in [1.54, 1.807) is 19.2 Å². The van der Waals surface area contributed by atoms with Gasteiger partial charge in [-0.05, 0) is 17.5 Å². The van der Waals surface area contributed by atoms with Crippen LogP contribution in [-0.2, 0) is 9.59 Å². The minimum absolute atomic E-state index is 0.115. The van der Waals surface area contributed by atoms with Gasteiger partial charge in [0.05, 0.1) is 11.6 Å². The van der Waals surface area contributed by atoms with E-state index in [1.807, 2.05) is 30.3 Å². The van der Waals surface area contributed by atoms with Gasteiger partial charge in [-0.15, -0.1) is 0 Å². The first-order chi connectivity index (χ1) is 10.1. The first kappa shape index (κ1) is 13.2. The minimum atomic E-state index is -1.06. The molecule has 0 radical (unpaired) electrons. The molecule has 1 aromatic heterocycles. The van der Waals surface area contributed by atoms with Crippen LogP contribution in [0, 0.1) is 5.92 Å². The second-order valence-corrected chi connectivity index (χ2v) is 5.01. The maximum Gasteiger partial charge on any atom is 0.332 e. The van der Waals surface area contributed by atoms with E-state index in [9.17, 15) is 9.59 Å². The Bertz CT molecular complexity index is 818. The van der Waals surface area contributed by atoms with Crippen molar-refractivity contribution in [3.8, 4) is 0 Å². The van der Waals surface area contributed by atoms with Crippen LogP contribution in [0.15, 0.2) is 54.3 Å². The summed E-state index contributed by atoms with van der Waals surface area (Å²) in [5.41, 5.74) is 1.15. The maximum atomic E-state index is 12.4. The van der Waals surface area contributed by atoms with Gasteiger partial charge in [-0.2, -0.15) is 0 Å². The minimum Gasteiger partial charge on any atom is -0.478 e. The Morgan fingerprint density at radius 2 is 1.90 bits per heavy atom. The topological polar surface area (TPSA) is 67.3 Å². The van der Waals surface area contributed by atoms with Gasteiger partial charge in [0.25, 0.3) is 0 Å². The van der Waals surface area contributed by atoms with Gasteiger partial charge in [0, 0.05) is 22.7 Å². The molecule has 0 spiro atoms. The first-order valence-electron chi connectivity index (χ1n) is 6.62. The second-order valence-electron chi connectivity index (χ2n) is 5.01. The molecule has 0 amide bonds. The molecule has 0 aliphatic heterocycles. The van der Waals surface area contributed by atoms with Crippen LogP contribution in [0.3, 0.4) is 0 Å². The van der Waals surface area contributed by atoms with Crippen LogP contribution < -0.4 is 0 Å². The fourth-order valence-corrected chi connectivity index (χ4v) is 2.47. The molecule has 104 valence electrons. The van der Waals surface area contributed by atoms with Gasteiger partial charge in [-0.25, -0.2) is 4.79 Å². The average Bonchev–Trinajstić information content (AvgIpc) is 2.49. The summed E-state index contributed by atoms with van der Waals surface area (Å²) in [6.07, 6.45) is 4.75. The highest BCUT2D eigenvalue weighted by molar-refractivity contribution is 6.25. The number of carbonyl (C=O) groups excluding carboxylic acids is 1. The molecule has 1 N–H and O–H groups in total. The Kier molecular flexibility index (Phi) is 3.14. The molecule has 0 bridgehead atoms. The number of Topliss-reactive ketones (excluding diaryl/α,β-unsaturated/α-hetero) is 1. The summed E-state index contributed by atoms with van der Waals surface area (Å²) < 4.78 is 0. The third-order valence-electron chi connectivity index (χ3n) is 3.71. The van der Waals surface area contributed by atoms with Crippen molar-refractivity contribution < 1.29 is 14.7 Å². The van der Waals surface area contributed by atoms with E-state index in [4.69, 9.17) is 5.11 Å². The highest BCUT2D eigenvalue weighted by atomic mass is 16.4. The summed E-state index contributed by atoms with van der Waals surface area (Å²) in [5.74, 6) is -1.92. The molecule has 1 aliphatic rings. The zero-order chi connectivity index (χ0) is 15.0. The first-order valence-corrected chi connectivity index (χ1v) is 6.62. The van der Waals surface area contributed by atoms with Crippen LogP contribution in [0.4, 0.5) is 0 Å². The van der Waals surface area contributed by atoms with Crippen molar-refractivity contribution in [2.24, 2.45) is 5.92 Å². The summed E-state index contributed by atoms with van der Waals surface area (Å²) in [6, 6.07) is 9.61. The summed E-state index contributed by atoms with van der Waals surface area (Å²) >= 11 is 0. The maximum absolute atomic E-state index is 12.4. The number of fused-ring (bicyclic) bond motifs is 1. The number of hydrogen-bond acceptors (Lipinski definition) is 3. The van der Waals surface area contributed by atoms with Crippen LogP contribution in [0.1, 0.15) is 12.6 Å². The van der Waals surface area contributed by atoms with Crippen molar-refractivity contribution in [2.75, 3.05) is 0 Å². The lowest BCUT2D eigenvalue weighted by atomic mass is 9.85. The molecular formula is C17H13NO3. The number of hydrogen-bond donors (Lipinski definition) is 1. The van der Waals surface area contributed by atoms with E-state index in [2.05, 4.69) is 4.98 Å². The molecule has 1 aromatic carbocycles. The third kappa shape index (κ3) is 2.25. The molecule has 1 heterocycles. The molecule has 21 heavy (non-hydrogen) atoms. The fraction of sp³-hybridized carbons (Fsp3) is 0.118. The molecule has 2 aromatic rings. The van der Waals surface area contributed by atoms with Gasteiger partial charge in [0.15, 0.2) is 5.78 Å². The van der Waals surface area contributed by atoms with Gasteiger partial charge in [-0.1, -0.05) is 37.3 Å². The van der Waals surface area contributed by atoms with Crippen molar-refractivity contribution in [3.05, 3.63) is 59.9 Å². The Hall–Kier alpha value is -2.75. The Morgan fingerprint density at radius 1 is 1.19 bits per heavy atom. The zero-order valence-corrected chi connectivity index (χ0v) is 11.4. The molecule has 3 rings (SSSR count). The van der Waals surface area contributed by atoms with E-state index in [0.29, 0.717) is 11.3 Å². The molecule has 0 saturated heterocycles. The van der Waals surface area contributed by atoms with Gasteiger partial charge in [0.1, 0.15) is 0 Å². The lowest BCUT2D eigenvalue weighted by Gasteiger charge is -2.17. The number of allylic oxidation sites excluding steroid dienone is 3.